The molecule has 8 nitrogen and oxygen atoms in total. The number of aryl methyl sites for hydroxylation is 4. The minimum atomic E-state index is -4.11. The predicted octanol–water partition coefficient (Wildman–Crippen LogP) is 10.8. The number of phosphoric acid groups is 2. The zero-order chi connectivity index (χ0) is 34.0. The Hall–Kier alpha value is -4.00. The first kappa shape index (κ1) is 35.3. The maximum absolute atomic E-state index is 14.0. The van der Waals surface area contributed by atoms with Crippen molar-refractivity contribution in [1.82, 2.24) is 0 Å². The molecule has 0 saturated heterocycles. The molecule has 0 unspecified atom stereocenters. The highest BCUT2D eigenvalue weighted by Gasteiger charge is 2.32. The molecular weight excluding hydrogens is 646 g/mol. The smallest absolute Gasteiger partial charge is 0.404 e. The van der Waals surface area contributed by atoms with E-state index in [1.165, 1.54) is 24.3 Å². The van der Waals surface area contributed by atoms with E-state index >= 15 is 0 Å². The SMILES string of the molecule is Cc1ccccc1COP(=O)(OCc1ccccc1C)Oc1ccc(OP(=O)(OCc2ccccc2C)OCc2ccccc2C)cc1. The summed E-state index contributed by atoms with van der Waals surface area (Å²) >= 11 is 0. The molecule has 0 amide bonds. The molecule has 5 aromatic rings. The van der Waals surface area contributed by atoms with Gasteiger partial charge in [-0.2, -0.15) is 0 Å². The maximum atomic E-state index is 14.0. The molecule has 0 saturated carbocycles. The van der Waals surface area contributed by atoms with Crippen molar-refractivity contribution in [3.05, 3.63) is 166 Å². The van der Waals surface area contributed by atoms with Gasteiger partial charge in [0.25, 0.3) is 0 Å². The number of benzene rings is 5. The van der Waals surface area contributed by atoms with Crippen LogP contribution in [0.15, 0.2) is 121 Å². The van der Waals surface area contributed by atoms with Gasteiger partial charge in [-0.05, 0) is 96.5 Å². The molecule has 250 valence electrons. The van der Waals surface area contributed by atoms with E-state index in [0.29, 0.717) is 0 Å². The van der Waals surface area contributed by atoms with Gasteiger partial charge in [0.15, 0.2) is 0 Å². The lowest BCUT2D eigenvalue weighted by molar-refractivity contribution is 0.141. The average Bonchev–Trinajstić information content (AvgIpc) is 3.08. The van der Waals surface area contributed by atoms with Gasteiger partial charge < -0.3 is 9.05 Å². The highest BCUT2D eigenvalue weighted by atomic mass is 31.2. The summed E-state index contributed by atoms with van der Waals surface area (Å²) in [6, 6.07) is 36.8. The fraction of sp³-hybridized carbons (Fsp3) is 0.211. The molecule has 0 N–H and O–H groups in total. The fourth-order valence-corrected chi connectivity index (χ4v) is 6.99. The van der Waals surface area contributed by atoms with Crippen LogP contribution in [0.3, 0.4) is 0 Å². The molecule has 5 rings (SSSR count). The second-order valence-corrected chi connectivity index (χ2v) is 14.5. The molecule has 0 aliphatic heterocycles. The van der Waals surface area contributed by atoms with Gasteiger partial charge in [-0.3, -0.25) is 18.1 Å². The van der Waals surface area contributed by atoms with Gasteiger partial charge in [0.2, 0.25) is 0 Å². The van der Waals surface area contributed by atoms with E-state index in [1.807, 2.05) is 125 Å². The first-order chi connectivity index (χ1) is 23.1. The van der Waals surface area contributed by atoms with Crippen molar-refractivity contribution in [2.75, 3.05) is 0 Å². The van der Waals surface area contributed by atoms with E-state index in [0.717, 1.165) is 44.5 Å². The van der Waals surface area contributed by atoms with Crippen molar-refractivity contribution < 1.29 is 36.3 Å². The largest absolute Gasteiger partial charge is 0.530 e. The van der Waals surface area contributed by atoms with Crippen molar-refractivity contribution in [1.29, 1.82) is 0 Å². The van der Waals surface area contributed by atoms with Gasteiger partial charge in [0.05, 0.1) is 26.4 Å². The van der Waals surface area contributed by atoms with Crippen LogP contribution < -0.4 is 9.05 Å². The van der Waals surface area contributed by atoms with E-state index in [2.05, 4.69) is 0 Å². The quantitative estimate of drug-likeness (QED) is 0.0948. The summed E-state index contributed by atoms with van der Waals surface area (Å²) in [5.74, 6) is 0.411. The average molecular weight is 687 g/mol. The van der Waals surface area contributed by atoms with Crippen LogP contribution in [0.1, 0.15) is 44.5 Å². The molecule has 0 atom stereocenters. The molecule has 10 heteroatoms. The Bertz CT molecular complexity index is 1660. The van der Waals surface area contributed by atoms with Crippen LogP contribution in [0.5, 0.6) is 11.5 Å². The lowest BCUT2D eigenvalue weighted by Gasteiger charge is -2.21. The summed E-state index contributed by atoms with van der Waals surface area (Å²) < 4.78 is 63.0. The summed E-state index contributed by atoms with van der Waals surface area (Å²) in [5.41, 5.74) is 7.39. The third kappa shape index (κ3) is 10.0. The van der Waals surface area contributed by atoms with E-state index < -0.39 is 15.6 Å². The Labute approximate surface area is 282 Å². The highest BCUT2D eigenvalue weighted by molar-refractivity contribution is 7.49. The second-order valence-electron chi connectivity index (χ2n) is 11.3. The van der Waals surface area contributed by atoms with Gasteiger partial charge in [-0.25, -0.2) is 9.13 Å². The fourth-order valence-electron chi connectivity index (χ4n) is 4.68. The van der Waals surface area contributed by atoms with Crippen LogP contribution in [-0.4, -0.2) is 0 Å². The van der Waals surface area contributed by atoms with Crippen LogP contribution in [-0.2, 0) is 53.7 Å². The molecule has 0 aliphatic rings. The topological polar surface area (TPSA) is 89.5 Å². The van der Waals surface area contributed by atoms with Crippen LogP contribution in [0.2, 0.25) is 0 Å². The summed E-state index contributed by atoms with van der Waals surface area (Å²) in [4.78, 5) is 0. The van der Waals surface area contributed by atoms with Gasteiger partial charge in [-0.1, -0.05) is 97.1 Å². The third-order valence-corrected chi connectivity index (χ3v) is 10.5. The Morgan fingerprint density at radius 2 is 0.604 bits per heavy atom. The molecule has 0 bridgehead atoms. The number of phosphoric ester groups is 2. The summed E-state index contributed by atoms with van der Waals surface area (Å²) in [7, 11) is -8.22. The van der Waals surface area contributed by atoms with Crippen molar-refractivity contribution in [3.8, 4) is 11.5 Å². The molecule has 0 fully saturated rings. The summed E-state index contributed by atoms with van der Waals surface area (Å²) in [6.07, 6.45) is 0. The lowest BCUT2D eigenvalue weighted by Crippen LogP contribution is -2.06. The van der Waals surface area contributed by atoms with Gasteiger partial charge in [0.1, 0.15) is 11.5 Å². The van der Waals surface area contributed by atoms with Crippen LogP contribution in [0.25, 0.3) is 0 Å². The zero-order valence-corrected chi connectivity index (χ0v) is 29.3. The Morgan fingerprint density at radius 1 is 0.375 bits per heavy atom. The Balaban J connectivity index is 1.32. The number of rotatable bonds is 16. The van der Waals surface area contributed by atoms with Crippen molar-refractivity contribution in [2.45, 2.75) is 54.1 Å². The lowest BCUT2D eigenvalue weighted by atomic mass is 10.1. The third-order valence-electron chi connectivity index (χ3n) is 7.82. The van der Waals surface area contributed by atoms with Gasteiger partial charge >= 0.3 is 15.6 Å². The van der Waals surface area contributed by atoms with Gasteiger partial charge in [0, 0.05) is 0 Å². The number of hydrogen-bond donors (Lipinski definition) is 0. The molecular formula is C38H40O8P2. The first-order valence-corrected chi connectivity index (χ1v) is 18.5. The molecule has 0 aliphatic carbocycles. The Kier molecular flexibility index (Phi) is 12.1. The van der Waals surface area contributed by atoms with Crippen molar-refractivity contribution in [2.24, 2.45) is 0 Å². The van der Waals surface area contributed by atoms with Crippen LogP contribution in [0, 0.1) is 27.7 Å². The summed E-state index contributed by atoms with van der Waals surface area (Å²) in [6.45, 7) is 7.91. The first-order valence-electron chi connectivity index (χ1n) is 15.6. The van der Waals surface area contributed by atoms with E-state index in [-0.39, 0.29) is 37.9 Å². The zero-order valence-electron chi connectivity index (χ0n) is 27.5. The molecule has 0 spiro atoms. The van der Waals surface area contributed by atoms with E-state index in [1.54, 1.807) is 0 Å². The molecule has 48 heavy (non-hydrogen) atoms. The van der Waals surface area contributed by atoms with Crippen LogP contribution in [0.4, 0.5) is 0 Å². The minimum absolute atomic E-state index is 0.0263. The molecule has 0 radical (unpaired) electrons. The van der Waals surface area contributed by atoms with Crippen molar-refractivity contribution in [3.63, 3.8) is 0 Å². The predicted molar refractivity (Wildman–Crippen MR) is 187 cm³/mol. The molecule has 0 aromatic heterocycles. The standard InChI is InChI=1S/C38H40O8P2/c1-29-13-5-9-17-33(29)25-41-47(39,42-26-34-18-10-6-14-30(34)2)45-37-21-23-38(24-22-37)46-48(40,43-27-35-19-11-7-15-31(35)3)44-28-36-20-12-8-16-32(36)4/h5-24H,25-28H2,1-4H3. The minimum Gasteiger partial charge on any atom is -0.404 e. The van der Waals surface area contributed by atoms with Crippen LogP contribution >= 0.6 is 15.6 Å². The Morgan fingerprint density at radius 3 is 0.833 bits per heavy atom. The molecule has 0 heterocycles. The normalized spacial score (nSPS) is 11.8. The highest BCUT2D eigenvalue weighted by Crippen LogP contribution is 2.53. The van der Waals surface area contributed by atoms with E-state index in [9.17, 15) is 9.13 Å². The van der Waals surface area contributed by atoms with Crippen molar-refractivity contribution >= 4 is 15.6 Å². The monoisotopic (exact) mass is 686 g/mol. The summed E-state index contributed by atoms with van der Waals surface area (Å²) in [5, 5.41) is 0. The number of hydrogen-bond acceptors (Lipinski definition) is 8. The maximum Gasteiger partial charge on any atom is 0.530 e. The van der Waals surface area contributed by atoms with Gasteiger partial charge in [-0.15, -0.1) is 0 Å². The molecule has 5 aromatic carbocycles. The van der Waals surface area contributed by atoms with E-state index in [4.69, 9.17) is 27.1 Å². The second kappa shape index (κ2) is 16.4.